The molecule has 2 N–H and O–H groups in total. The Morgan fingerprint density at radius 1 is 1.12 bits per heavy atom. The van der Waals surface area contributed by atoms with Gasteiger partial charge in [0.15, 0.2) is 6.73 Å². The minimum absolute atomic E-state index is 0.0794. The van der Waals surface area contributed by atoms with Crippen molar-refractivity contribution in [3.05, 3.63) is 72.5 Å². The van der Waals surface area contributed by atoms with Crippen LogP contribution in [0.15, 0.2) is 66.4 Å². The van der Waals surface area contributed by atoms with Gasteiger partial charge in [-0.2, -0.15) is 0 Å². The van der Waals surface area contributed by atoms with Crippen molar-refractivity contribution in [3.63, 3.8) is 0 Å². The van der Waals surface area contributed by atoms with Crippen LogP contribution in [0.3, 0.4) is 0 Å². The molecule has 25 heavy (non-hydrogen) atoms. The van der Waals surface area contributed by atoms with Crippen LogP contribution in [-0.2, 0) is 10.2 Å². The molecule has 0 saturated heterocycles. The molecule has 0 aliphatic rings. The summed E-state index contributed by atoms with van der Waals surface area (Å²) in [4.78, 5) is 15.6. The van der Waals surface area contributed by atoms with Gasteiger partial charge in [-0.1, -0.05) is 44.7 Å². The summed E-state index contributed by atoms with van der Waals surface area (Å²) in [5, 5.41) is 5.31. The Bertz CT molecular complexity index is 735. The van der Waals surface area contributed by atoms with Crippen molar-refractivity contribution in [3.8, 4) is 0 Å². The summed E-state index contributed by atoms with van der Waals surface area (Å²) in [6.07, 6.45) is 1.27. The first-order chi connectivity index (χ1) is 12.0. The van der Waals surface area contributed by atoms with E-state index in [1.165, 1.54) is 11.8 Å². The summed E-state index contributed by atoms with van der Waals surface area (Å²) >= 11 is 0. The van der Waals surface area contributed by atoms with Crippen molar-refractivity contribution in [1.29, 1.82) is 0 Å². The Balaban J connectivity index is 2.08. The van der Waals surface area contributed by atoms with E-state index in [1.54, 1.807) is 0 Å². The smallest absolute Gasteiger partial charge is 0.321 e. The van der Waals surface area contributed by atoms with E-state index in [-0.39, 0.29) is 18.2 Å². The van der Waals surface area contributed by atoms with Crippen LogP contribution in [0.25, 0.3) is 0 Å². The monoisotopic (exact) mass is 337 g/mol. The number of carbonyl (C=O) groups excluding carboxylic acids is 1. The zero-order chi connectivity index (χ0) is 18.3. The lowest BCUT2D eigenvalue weighted by Gasteiger charge is -2.26. The van der Waals surface area contributed by atoms with E-state index in [2.05, 4.69) is 54.9 Å². The van der Waals surface area contributed by atoms with Crippen molar-refractivity contribution in [2.75, 3.05) is 12.0 Å². The summed E-state index contributed by atoms with van der Waals surface area (Å²) in [6.45, 7) is 11.3. The van der Waals surface area contributed by atoms with E-state index in [1.807, 2.05) is 36.4 Å². The number of hydrogen-bond donors (Lipinski definition) is 2. The zero-order valence-corrected chi connectivity index (χ0v) is 14.6. The Hall–Kier alpha value is -3.08. The highest BCUT2D eigenvalue weighted by Gasteiger charge is 2.22. The molecule has 2 aromatic rings. The number of anilines is 1. The van der Waals surface area contributed by atoms with Crippen molar-refractivity contribution >= 4 is 24.1 Å². The zero-order valence-electron chi connectivity index (χ0n) is 14.6. The second kappa shape index (κ2) is 8.15. The third-order valence-corrected chi connectivity index (χ3v) is 4.07. The van der Waals surface area contributed by atoms with Crippen LogP contribution in [0, 0.1) is 0 Å². The number of carbonyl (C=O) groups is 1. The van der Waals surface area contributed by atoms with Crippen molar-refractivity contribution < 1.29 is 9.53 Å². The molecular weight excluding hydrogens is 314 g/mol. The molecule has 0 fully saturated rings. The summed E-state index contributed by atoms with van der Waals surface area (Å²) in [5.74, 6) is 0. The number of benzene rings is 2. The van der Waals surface area contributed by atoms with E-state index in [0.717, 1.165) is 11.3 Å². The third-order valence-electron chi connectivity index (χ3n) is 4.07. The fourth-order valence-corrected chi connectivity index (χ4v) is 2.46. The first kappa shape index (κ1) is 18.3. The van der Waals surface area contributed by atoms with Gasteiger partial charge in [0.2, 0.25) is 0 Å². The average Bonchev–Trinajstić information content (AvgIpc) is 2.62. The van der Waals surface area contributed by atoms with Crippen LogP contribution in [0.2, 0.25) is 0 Å². The van der Waals surface area contributed by atoms with E-state index < -0.39 is 0 Å². The molecule has 2 rings (SSSR count). The SMILES string of the molecule is C=COCNC(=O)Nc1ccc(C(C)(C)c2ccc(N=C)cc2)cc1. The highest BCUT2D eigenvalue weighted by Crippen LogP contribution is 2.33. The Labute approximate surface area is 148 Å². The summed E-state index contributed by atoms with van der Waals surface area (Å²) in [6, 6.07) is 15.5. The van der Waals surface area contributed by atoms with Crippen molar-refractivity contribution in [1.82, 2.24) is 5.32 Å². The van der Waals surface area contributed by atoms with Gasteiger partial charge < -0.3 is 15.4 Å². The van der Waals surface area contributed by atoms with Crippen LogP contribution < -0.4 is 10.6 Å². The summed E-state index contributed by atoms with van der Waals surface area (Å²) in [7, 11) is 0. The highest BCUT2D eigenvalue weighted by molar-refractivity contribution is 5.89. The van der Waals surface area contributed by atoms with Gasteiger partial charge in [-0.3, -0.25) is 4.99 Å². The quantitative estimate of drug-likeness (QED) is 0.336. The van der Waals surface area contributed by atoms with Gasteiger partial charge in [0.05, 0.1) is 11.9 Å². The van der Waals surface area contributed by atoms with Crippen LogP contribution >= 0.6 is 0 Å². The molecule has 0 radical (unpaired) electrons. The van der Waals surface area contributed by atoms with Crippen LogP contribution in [0.1, 0.15) is 25.0 Å². The van der Waals surface area contributed by atoms with Gasteiger partial charge in [-0.25, -0.2) is 4.79 Å². The molecule has 0 heterocycles. The van der Waals surface area contributed by atoms with Crippen LogP contribution in [0.5, 0.6) is 0 Å². The second-order valence-electron chi connectivity index (χ2n) is 6.02. The largest absolute Gasteiger partial charge is 0.481 e. The number of urea groups is 1. The molecule has 0 aromatic heterocycles. The lowest BCUT2D eigenvalue weighted by atomic mass is 9.78. The molecule has 0 aliphatic heterocycles. The predicted octanol–water partition coefficient (Wildman–Crippen LogP) is 4.58. The third kappa shape index (κ3) is 4.70. The standard InChI is InChI=1S/C20H23N3O2/c1-5-25-14-22-19(24)23-18-12-8-16(9-13-18)20(2,3)15-6-10-17(21-4)11-7-15/h5-13H,1,4,14H2,2-3H3,(H2,22,23,24). The van der Waals surface area contributed by atoms with Gasteiger partial charge >= 0.3 is 6.03 Å². The van der Waals surface area contributed by atoms with E-state index in [9.17, 15) is 4.79 Å². The van der Waals surface area contributed by atoms with Crippen molar-refractivity contribution in [2.24, 2.45) is 4.99 Å². The molecule has 0 saturated carbocycles. The van der Waals surface area contributed by atoms with Gasteiger partial charge in [0, 0.05) is 11.1 Å². The number of amides is 2. The molecule has 130 valence electrons. The lowest BCUT2D eigenvalue weighted by molar-refractivity contribution is 0.211. The van der Waals surface area contributed by atoms with E-state index >= 15 is 0 Å². The minimum Gasteiger partial charge on any atom is -0.481 e. The molecule has 0 unspecified atom stereocenters. The maximum absolute atomic E-state index is 11.7. The molecule has 2 amide bonds. The maximum Gasteiger partial charge on any atom is 0.321 e. The summed E-state index contributed by atoms with van der Waals surface area (Å²) in [5.41, 5.74) is 3.72. The fourth-order valence-electron chi connectivity index (χ4n) is 2.46. The van der Waals surface area contributed by atoms with Gasteiger partial charge in [0.25, 0.3) is 0 Å². The van der Waals surface area contributed by atoms with Gasteiger partial charge in [-0.05, 0) is 42.1 Å². The number of hydrogen-bond acceptors (Lipinski definition) is 3. The average molecular weight is 337 g/mol. The topological polar surface area (TPSA) is 62.7 Å². The molecule has 5 heteroatoms. The Kier molecular flexibility index (Phi) is 5.95. The Morgan fingerprint density at radius 3 is 2.20 bits per heavy atom. The Morgan fingerprint density at radius 2 is 1.68 bits per heavy atom. The van der Waals surface area contributed by atoms with Crippen LogP contribution in [-0.4, -0.2) is 19.5 Å². The fraction of sp³-hybridized carbons (Fsp3) is 0.200. The first-order valence-corrected chi connectivity index (χ1v) is 7.92. The molecular formula is C20H23N3O2. The number of rotatable bonds is 7. The van der Waals surface area contributed by atoms with Gasteiger partial charge in [-0.15, -0.1) is 0 Å². The molecule has 0 spiro atoms. The molecule has 0 aliphatic carbocycles. The number of ether oxygens (including phenoxy) is 1. The number of nitrogens with zero attached hydrogens (tertiary/aromatic N) is 1. The minimum atomic E-state index is -0.332. The number of nitrogens with one attached hydrogen (secondary N) is 2. The molecule has 0 bridgehead atoms. The summed E-state index contributed by atoms with van der Waals surface area (Å²) < 4.78 is 4.85. The van der Waals surface area contributed by atoms with E-state index in [0.29, 0.717) is 5.69 Å². The van der Waals surface area contributed by atoms with E-state index in [4.69, 9.17) is 4.74 Å². The van der Waals surface area contributed by atoms with Crippen molar-refractivity contribution in [2.45, 2.75) is 19.3 Å². The predicted molar refractivity (Wildman–Crippen MR) is 103 cm³/mol. The molecule has 0 atom stereocenters. The first-order valence-electron chi connectivity index (χ1n) is 7.92. The normalized spacial score (nSPS) is 10.6. The molecule has 2 aromatic carbocycles. The van der Waals surface area contributed by atoms with Gasteiger partial charge in [0.1, 0.15) is 0 Å². The van der Waals surface area contributed by atoms with Crippen LogP contribution in [0.4, 0.5) is 16.2 Å². The lowest BCUT2D eigenvalue weighted by Crippen LogP contribution is -2.30. The molecule has 5 nitrogen and oxygen atoms in total. The number of aliphatic imine (C=N–C) groups is 1. The maximum atomic E-state index is 11.7. The highest BCUT2D eigenvalue weighted by atomic mass is 16.5. The second-order valence-corrected chi connectivity index (χ2v) is 6.02.